The van der Waals surface area contributed by atoms with E-state index >= 15 is 0 Å². The Bertz CT molecular complexity index is 531. The van der Waals surface area contributed by atoms with Crippen LogP contribution in [0, 0.1) is 0 Å². The summed E-state index contributed by atoms with van der Waals surface area (Å²) in [4.78, 5) is 18.2. The summed E-state index contributed by atoms with van der Waals surface area (Å²) in [6, 6.07) is 5.29. The number of benzene rings is 1. The Morgan fingerprint density at radius 1 is 1.50 bits per heavy atom. The van der Waals surface area contributed by atoms with Gasteiger partial charge < -0.3 is 15.4 Å². The zero-order valence-electron chi connectivity index (χ0n) is 9.11. The number of nitrogens with one attached hydrogen (secondary N) is 2. The Hall–Kier alpha value is -2.04. The predicted molar refractivity (Wildman–Crippen MR) is 61.8 cm³/mol. The molecule has 0 saturated heterocycles. The van der Waals surface area contributed by atoms with E-state index in [1.165, 1.54) is 0 Å². The molecule has 0 aliphatic heterocycles. The molecule has 0 spiro atoms. The molecule has 1 aromatic carbocycles. The van der Waals surface area contributed by atoms with Crippen LogP contribution >= 0.6 is 0 Å². The Balaban J connectivity index is 2.52. The van der Waals surface area contributed by atoms with Gasteiger partial charge in [0.05, 0.1) is 11.1 Å². The van der Waals surface area contributed by atoms with Crippen LogP contribution in [-0.2, 0) is 0 Å². The number of carbonyl (C=O) groups is 1. The maximum atomic E-state index is 11.0. The quantitative estimate of drug-likeness (QED) is 0.738. The number of imidazole rings is 1. The number of nitrogens with zero attached hydrogens (tertiary/aromatic N) is 1. The van der Waals surface area contributed by atoms with Gasteiger partial charge in [-0.1, -0.05) is 6.07 Å². The Morgan fingerprint density at radius 2 is 2.25 bits per heavy atom. The number of hydrogen-bond acceptors (Lipinski definition) is 3. The lowest BCUT2D eigenvalue weighted by Gasteiger charge is -2.04. The van der Waals surface area contributed by atoms with Gasteiger partial charge in [-0.15, -0.1) is 0 Å². The predicted octanol–water partition coefficient (Wildman–Crippen LogP) is 2.08. The Labute approximate surface area is 92.5 Å². The van der Waals surface area contributed by atoms with E-state index in [-0.39, 0.29) is 11.6 Å². The van der Waals surface area contributed by atoms with E-state index in [0.717, 1.165) is 5.52 Å². The Morgan fingerprint density at radius 3 is 2.88 bits per heavy atom. The highest BCUT2D eigenvalue weighted by Crippen LogP contribution is 2.18. The van der Waals surface area contributed by atoms with Crippen molar-refractivity contribution in [2.45, 2.75) is 19.9 Å². The summed E-state index contributed by atoms with van der Waals surface area (Å²) >= 11 is 0. The highest BCUT2D eigenvalue weighted by Gasteiger charge is 2.12. The first kappa shape index (κ1) is 10.5. The fourth-order valence-corrected chi connectivity index (χ4v) is 1.55. The average Bonchev–Trinajstić information content (AvgIpc) is 2.57. The number of aromatic carboxylic acids is 1. The van der Waals surface area contributed by atoms with Gasteiger partial charge in [0.1, 0.15) is 5.52 Å². The summed E-state index contributed by atoms with van der Waals surface area (Å²) in [6.07, 6.45) is 0. The van der Waals surface area contributed by atoms with Crippen molar-refractivity contribution in [3.05, 3.63) is 23.8 Å². The first-order valence-electron chi connectivity index (χ1n) is 5.06. The molecule has 0 aliphatic carbocycles. The molecule has 0 fully saturated rings. The van der Waals surface area contributed by atoms with E-state index in [2.05, 4.69) is 15.3 Å². The van der Waals surface area contributed by atoms with E-state index < -0.39 is 5.97 Å². The molecular formula is C11H13N3O2. The summed E-state index contributed by atoms with van der Waals surface area (Å²) in [5.41, 5.74) is 1.42. The van der Waals surface area contributed by atoms with Gasteiger partial charge in [-0.3, -0.25) is 0 Å². The number of aromatic amines is 1. The highest BCUT2D eigenvalue weighted by atomic mass is 16.4. The van der Waals surface area contributed by atoms with E-state index in [9.17, 15) is 4.79 Å². The minimum absolute atomic E-state index is 0.213. The van der Waals surface area contributed by atoms with Crippen molar-refractivity contribution >= 4 is 23.0 Å². The molecule has 1 heterocycles. The molecule has 2 rings (SSSR count). The topological polar surface area (TPSA) is 78.0 Å². The number of fused-ring (bicyclic) bond motifs is 1. The molecule has 0 unspecified atom stereocenters. The van der Waals surface area contributed by atoms with Crippen LogP contribution in [0.3, 0.4) is 0 Å². The summed E-state index contributed by atoms with van der Waals surface area (Å²) < 4.78 is 0. The van der Waals surface area contributed by atoms with Crippen molar-refractivity contribution in [1.82, 2.24) is 9.97 Å². The van der Waals surface area contributed by atoms with E-state index in [0.29, 0.717) is 11.5 Å². The van der Waals surface area contributed by atoms with Crippen LogP contribution in [0.25, 0.3) is 11.0 Å². The van der Waals surface area contributed by atoms with Gasteiger partial charge in [0, 0.05) is 6.04 Å². The smallest absolute Gasteiger partial charge is 0.337 e. The van der Waals surface area contributed by atoms with Crippen LogP contribution < -0.4 is 5.32 Å². The summed E-state index contributed by atoms with van der Waals surface area (Å²) in [7, 11) is 0. The number of hydrogen-bond donors (Lipinski definition) is 3. The van der Waals surface area contributed by atoms with Gasteiger partial charge in [0.25, 0.3) is 0 Å². The number of rotatable bonds is 3. The SMILES string of the molecule is CC(C)Nc1nc2c(C(=O)O)cccc2[nH]1. The molecule has 2 aromatic rings. The van der Waals surface area contributed by atoms with E-state index in [4.69, 9.17) is 5.11 Å². The second-order valence-corrected chi connectivity index (χ2v) is 3.89. The third kappa shape index (κ3) is 1.84. The van der Waals surface area contributed by atoms with Gasteiger partial charge in [0.2, 0.25) is 5.95 Å². The van der Waals surface area contributed by atoms with Crippen molar-refractivity contribution in [3.8, 4) is 0 Å². The van der Waals surface area contributed by atoms with Gasteiger partial charge in [0.15, 0.2) is 0 Å². The largest absolute Gasteiger partial charge is 0.478 e. The molecule has 0 saturated carbocycles. The molecular weight excluding hydrogens is 206 g/mol. The minimum atomic E-state index is -0.965. The molecule has 1 aromatic heterocycles. The maximum absolute atomic E-state index is 11.0. The highest BCUT2D eigenvalue weighted by molar-refractivity contribution is 6.01. The molecule has 0 radical (unpaired) electrons. The molecule has 5 nitrogen and oxygen atoms in total. The van der Waals surface area contributed by atoms with Crippen molar-refractivity contribution in [1.29, 1.82) is 0 Å². The first-order chi connectivity index (χ1) is 7.58. The summed E-state index contributed by atoms with van der Waals surface area (Å²) in [6.45, 7) is 3.98. The van der Waals surface area contributed by atoms with Crippen LogP contribution in [0.4, 0.5) is 5.95 Å². The second kappa shape index (κ2) is 3.84. The summed E-state index contributed by atoms with van der Waals surface area (Å²) in [5.74, 6) is -0.369. The molecule has 0 atom stereocenters. The molecule has 5 heteroatoms. The van der Waals surface area contributed by atoms with Gasteiger partial charge in [-0.25, -0.2) is 9.78 Å². The van der Waals surface area contributed by atoms with Crippen LogP contribution in [-0.4, -0.2) is 27.1 Å². The normalized spacial score (nSPS) is 10.9. The fraction of sp³-hybridized carbons (Fsp3) is 0.273. The first-order valence-corrected chi connectivity index (χ1v) is 5.06. The molecule has 0 bridgehead atoms. The van der Waals surface area contributed by atoms with Crippen molar-refractivity contribution < 1.29 is 9.90 Å². The molecule has 0 aliphatic rings. The third-order valence-electron chi connectivity index (χ3n) is 2.17. The molecule has 16 heavy (non-hydrogen) atoms. The number of carboxylic acid groups (broad SMARTS) is 1. The van der Waals surface area contributed by atoms with E-state index in [1.54, 1.807) is 18.2 Å². The lowest BCUT2D eigenvalue weighted by molar-refractivity contribution is 0.0699. The number of aromatic nitrogens is 2. The fourth-order valence-electron chi connectivity index (χ4n) is 1.55. The van der Waals surface area contributed by atoms with Crippen molar-refractivity contribution in [2.75, 3.05) is 5.32 Å². The zero-order chi connectivity index (χ0) is 11.7. The standard InChI is InChI=1S/C11H13N3O2/c1-6(2)12-11-13-8-5-3-4-7(10(15)16)9(8)14-11/h3-6H,1-2H3,(H,15,16)(H2,12,13,14). The number of para-hydroxylation sites is 1. The molecule has 0 amide bonds. The lowest BCUT2D eigenvalue weighted by atomic mass is 10.2. The van der Waals surface area contributed by atoms with Crippen LogP contribution in [0.1, 0.15) is 24.2 Å². The van der Waals surface area contributed by atoms with Crippen LogP contribution in [0.5, 0.6) is 0 Å². The second-order valence-electron chi connectivity index (χ2n) is 3.89. The lowest BCUT2D eigenvalue weighted by Crippen LogP contribution is -2.10. The van der Waals surface area contributed by atoms with Crippen LogP contribution in [0.2, 0.25) is 0 Å². The van der Waals surface area contributed by atoms with Gasteiger partial charge >= 0.3 is 5.97 Å². The minimum Gasteiger partial charge on any atom is -0.478 e. The number of anilines is 1. The Kier molecular flexibility index (Phi) is 2.52. The van der Waals surface area contributed by atoms with Crippen molar-refractivity contribution in [2.24, 2.45) is 0 Å². The molecule has 84 valence electrons. The summed E-state index contributed by atoms with van der Waals surface area (Å²) in [5, 5.41) is 12.1. The van der Waals surface area contributed by atoms with Crippen LogP contribution in [0.15, 0.2) is 18.2 Å². The number of H-pyrrole nitrogens is 1. The van der Waals surface area contributed by atoms with Gasteiger partial charge in [-0.2, -0.15) is 0 Å². The zero-order valence-corrected chi connectivity index (χ0v) is 9.11. The van der Waals surface area contributed by atoms with Crippen molar-refractivity contribution in [3.63, 3.8) is 0 Å². The molecule has 3 N–H and O–H groups in total. The monoisotopic (exact) mass is 219 g/mol. The van der Waals surface area contributed by atoms with E-state index in [1.807, 2.05) is 13.8 Å². The van der Waals surface area contributed by atoms with Gasteiger partial charge in [-0.05, 0) is 26.0 Å². The number of carboxylic acids is 1. The average molecular weight is 219 g/mol. The maximum Gasteiger partial charge on any atom is 0.337 e. The third-order valence-corrected chi connectivity index (χ3v) is 2.17.